The number of nitrogens with one attached hydrogen (secondary N) is 2. The first kappa shape index (κ1) is 25.5. The predicted octanol–water partition coefficient (Wildman–Crippen LogP) is 3.22. The maximum atomic E-state index is 13.7. The van der Waals surface area contributed by atoms with E-state index >= 15 is 0 Å². The standard InChI is InChI=1S/C25H30N6O4S/c1-17-16-35-14-13-31(17)22-15-21(25(2,3)36(33,34)20-9-11-27-12-10-20)29-23(30-22)18-5-7-19(8-6-18)28-24(32)26-4/h5-12,15,17H,13-14,16H2,1-4H3,(H2,26,28,32). The number of pyridine rings is 1. The molecule has 1 unspecified atom stereocenters. The number of rotatable bonds is 6. The van der Waals surface area contributed by atoms with Gasteiger partial charge in [-0.3, -0.25) is 4.98 Å². The van der Waals surface area contributed by atoms with Crippen LogP contribution in [0.4, 0.5) is 16.3 Å². The normalized spacial score (nSPS) is 16.4. The van der Waals surface area contributed by atoms with Gasteiger partial charge in [-0.15, -0.1) is 0 Å². The van der Waals surface area contributed by atoms with Crippen molar-refractivity contribution in [3.05, 3.63) is 60.6 Å². The molecule has 2 N–H and O–H groups in total. The average Bonchev–Trinajstić information content (AvgIpc) is 2.89. The predicted molar refractivity (Wildman–Crippen MR) is 138 cm³/mol. The smallest absolute Gasteiger partial charge is 0.318 e. The van der Waals surface area contributed by atoms with Crippen LogP contribution in [0.15, 0.2) is 59.8 Å². The van der Waals surface area contributed by atoms with Crippen LogP contribution >= 0.6 is 0 Å². The molecule has 1 aliphatic rings. The Labute approximate surface area is 211 Å². The molecule has 1 aliphatic heterocycles. The zero-order valence-corrected chi connectivity index (χ0v) is 21.5. The SMILES string of the molecule is CNC(=O)Nc1ccc(-c2nc(N3CCOCC3C)cc(C(C)(C)S(=O)(=O)c3ccncc3)n2)cc1. The Morgan fingerprint density at radius 2 is 1.81 bits per heavy atom. The van der Waals surface area contributed by atoms with E-state index in [-0.39, 0.29) is 17.0 Å². The minimum atomic E-state index is -3.80. The quantitative estimate of drug-likeness (QED) is 0.518. The maximum absolute atomic E-state index is 13.7. The Balaban J connectivity index is 1.81. The van der Waals surface area contributed by atoms with Crippen molar-refractivity contribution in [2.45, 2.75) is 36.5 Å². The van der Waals surface area contributed by atoms with Crippen molar-refractivity contribution in [3.63, 3.8) is 0 Å². The first-order chi connectivity index (χ1) is 17.1. The number of anilines is 2. The number of ether oxygens (including phenoxy) is 1. The second-order valence-corrected chi connectivity index (χ2v) is 11.5. The Morgan fingerprint density at radius 3 is 2.44 bits per heavy atom. The molecule has 0 saturated carbocycles. The summed E-state index contributed by atoms with van der Waals surface area (Å²) in [5, 5.41) is 5.22. The number of aromatic nitrogens is 3. The summed E-state index contributed by atoms with van der Waals surface area (Å²) in [6, 6.07) is 11.5. The molecule has 1 atom stereocenters. The molecule has 2 amide bonds. The van der Waals surface area contributed by atoms with E-state index in [0.717, 1.165) is 0 Å². The number of carbonyl (C=O) groups excluding carboxylic acids is 1. The summed E-state index contributed by atoms with van der Waals surface area (Å²) in [7, 11) is -2.26. The number of sulfone groups is 1. The van der Waals surface area contributed by atoms with Crippen molar-refractivity contribution in [2.75, 3.05) is 37.0 Å². The van der Waals surface area contributed by atoms with E-state index in [9.17, 15) is 13.2 Å². The van der Waals surface area contributed by atoms with Crippen LogP contribution < -0.4 is 15.5 Å². The highest BCUT2D eigenvalue weighted by Crippen LogP contribution is 2.36. The molecule has 2 aromatic heterocycles. The molecule has 3 heterocycles. The highest BCUT2D eigenvalue weighted by molar-refractivity contribution is 7.92. The topological polar surface area (TPSA) is 126 Å². The Bertz CT molecular complexity index is 1330. The lowest BCUT2D eigenvalue weighted by molar-refractivity contribution is 0.0985. The van der Waals surface area contributed by atoms with Crippen molar-refractivity contribution >= 4 is 27.4 Å². The first-order valence-electron chi connectivity index (χ1n) is 11.6. The summed E-state index contributed by atoms with van der Waals surface area (Å²) in [6.07, 6.45) is 2.92. The largest absolute Gasteiger partial charge is 0.377 e. The van der Waals surface area contributed by atoms with Gasteiger partial charge in [-0.1, -0.05) is 0 Å². The second kappa shape index (κ2) is 10.2. The highest BCUT2D eigenvalue weighted by atomic mass is 32.2. The van der Waals surface area contributed by atoms with Crippen LogP contribution in [0.1, 0.15) is 26.5 Å². The van der Waals surface area contributed by atoms with Crippen LogP contribution in [0.3, 0.4) is 0 Å². The van der Waals surface area contributed by atoms with Crippen molar-refractivity contribution in [3.8, 4) is 11.4 Å². The molecule has 190 valence electrons. The zero-order chi connectivity index (χ0) is 25.9. The fourth-order valence-electron chi connectivity index (χ4n) is 3.93. The maximum Gasteiger partial charge on any atom is 0.318 e. The molecule has 1 aromatic carbocycles. The van der Waals surface area contributed by atoms with Crippen LogP contribution in [0.2, 0.25) is 0 Å². The van der Waals surface area contributed by atoms with Crippen molar-refractivity contribution in [2.24, 2.45) is 0 Å². The van der Waals surface area contributed by atoms with Gasteiger partial charge in [-0.25, -0.2) is 23.2 Å². The van der Waals surface area contributed by atoms with Crippen LogP contribution in [0.5, 0.6) is 0 Å². The average molecular weight is 511 g/mol. The molecule has 0 aliphatic carbocycles. The summed E-state index contributed by atoms with van der Waals surface area (Å²) in [6.45, 7) is 7.07. The van der Waals surface area contributed by atoms with Crippen LogP contribution in [0.25, 0.3) is 11.4 Å². The van der Waals surface area contributed by atoms with Gasteiger partial charge in [0.1, 0.15) is 10.6 Å². The van der Waals surface area contributed by atoms with E-state index in [1.165, 1.54) is 24.5 Å². The summed E-state index contributed by atoms with van der Waals surface area (Å²) >= 11 is 0. The van der Waals surface area contributed by atoms with Crippen LogP contribution in [-0.4, -0.2) is 62.2 Å². The molecule has 3 aromatic rings. The van der Waals surface area contributed by atoms with Crippen molar-refractivity contribution in [1.29, 1.82) is 0 Å². The third kappa shape index (κ3) is 5.02. The van der Waals surface area contributed by atoms with Gasteiger partial charge in [0.05, 0.1) is 29.8 Å². The van der Waals surface area contributed by atoms with Gasteiger partial charge in [-0.05, 0) is 57.2 Å². The third-order valence-corrected chi connectivity index (χ3v) is 8.70. The van der Waals surface area contributed by atoms with Crippen molar-refractivity contribution in [1.82, 2.24) is 20.3 Å². The fraction of sp³-hybridized carbons (Fsp3) is 0.360. The van der Waals surface area contributed by atoms with E-state index < -0.39 is 14.6 Å². The Hall–Kier alpha value is -3.57. The molecule has 10 nitrogen and oxygen atoms in total. The fourth-order valence-corrected chi connectivity index (χ4v) is 5.38. The van der Waals surface area contributed by atoms with Gasteiger partial charge in [0.25, 0.3) is 0 Å². The molecule has 11 heteroatoms. The molecule has 0 bridgehead atoms. The number of nitrogens with zero attached hydrogens (tertiary/aromatic N) is 4. The third-order valence-electron chi connectivity index (χ3n) is 6.25. The summed E-state index contributed by atoms with van der Waals surface area (Å²) in [5.41, 5.74) is 1.68. The number of urea groups is 1. The first-order valence-corrected chi connectivity index (χ1v) is 13.1. The van der Waals surface area contributed by atoms with Gasteiger partial charge >= 0.3 is 6.03 Å². The van der Waals surface area contributed by atoms with Gasteiger partial charge in [-0.2, -0.15) is 0 Å². The molecular formula is C25H30N6O4S. The molecular weight excluding hydrogens is 480 g/mol. The highest BCUT2D eigenvalue weighted by Gasteiger charge is 2.40. The van der Waals surface area contributed by atoms with E-state index in [2.05, 4.69) is 20.5 Å². The van der Waals surface area contributed by atoms with E-state index in [1.54, 1.807) is 51.2 Å². The summed E-state index contributed by atoms with van der Waals surface area (Å²) in [5.74, 6) is 1.03. The monoisotopic (exact) mass is 510 g/mol. The van der Waals surface area contributed by atoms with Gasteiger partial charge in [0, 0.05) is 43.3 Å². The number of hydrogen-bond acceptors (Lipinski definition) is 8. The summed E-state index contributed by atoms with van der Waals surface area (Å²) < 4.78 is 31.6. The number of benzene rings is 1. The lowest BCUT2D eigenvalue weighted by atomic mass is 10.1. The second-order valence-electron chi connectivity index (χ2n) is 9.03. The Morgan fingerprint density at radius 1 is 1.11 bits per heavy atom. The minimum Gasteiger partial charge on any atom is -0.377 e. The van der Waals surface area contributed by atoms with Gasteiger partial charge in [0.2, 0.25) is 0 Å². The van der Waals surface area contributed by atoms with Crippen LogP contribution in [-0.2, 0) is 19.3 Å². The number of amides is 2. The van der Waals surface area contributed by atoms with Crippen molar-refractivity contribution < 1.29 is 17.9 Å². The number of morpholine rings is 1. The lowest BCUT2D eigenvalue weighted by Gasteiger charge is -2.35. The van der Waals surface area contributed by atoms with Crippen LogP contribution in [0, 0.1) is 0 Å². The molecule has 1 saturated heterocycles. The van der Waals surface area contributed by atoms with E-state index in [0.29, 0.717) is 48.3 Å². The molecule has 1 fully saturated rings. The van der Waals surface area contributed by atoms with E-state index in [1.807, 2.05) is 6.92 Å². The van der Waals surface area contributed by atoms with Gasteiger partial charge < -0.3 is 20.3 Å². The van der Waals surface area contributed by atoms with E-state index in [4.69, 9.17) is 14.7 Å². The molecule has 0 spiro atoms. The summed E-state index contributed by atoms with van der Waals surface area (Å²) in [4.78, 5) is 27.4. The Kier molecular flexibility index (Phi) is 7.23. The molecule has 4 rings (SSSR count). The number of hydrogen-bond donors (Lipinski definition) is 2. The van der Waals surface area contributed by atoms with Gasteiger partial charge in [0.15, 0.2) is 15.7 Å². The molecule has 0 radical (unpaired) electrons. The number of carbonyl (C=O) groups is 1. The minimum absolute atomic E-state index is 0.0633. The lowest BCUT2D eigenvalue weighted by Crippen LogP contribution is -2.44. The molecule has 36 heavy (non-hydrogen) atoms. The zero-order valence-electron chi connectivity index (χ0n) is 20.7.